The summed E-state index contributed by atoms with van der Waals surface area (Å²) in [4.78, 5) is 5.75. The molecule has 0 aliphatic carbocycles. The number of pyridine rings is 1. The Morgan fingerprint density at radius 2 is 2.07 bits per heavy atom. The van der Waals surface area contributed by atoms with E-state index in [0.717, 1.165) is 6.07 Å². The van der Waals surface area contributed by atoms with E-state index in [2.05, 4.69) is 10.3 Å². The van der Waals surface area contributed by atoms with Crippen molar-refractivity contribution in [2.24, 2.45) is 0 Å². The monoisotopic (exact) mass is 383 g/mol. The lowest BCUT2D eigenvalue weighted by atomic mass is 10.0. The molecule has 1 aromatic heterocycles. The van der Waals surface area contributed by atoms with Crippen molar-refractivity contribution in [3.63, 3.8) is 0 Å². The number of aliphatic hydroxyl groups excluding tert-OH is 2. The van der Waals surface area contributed by atoms with Crippen LogP contribution >= 0.6 is 0 Å². The standard InChI is InChI=1S/C18H20F3N3O3/c1-11-3-2-4-15(18(19,20)21)14(11)10-27-13-5-6-16(22-7-13)24-8-12(9-25)23-17(24)26/h2-7,12,17,23,25-26H,8-10H2,1H3/t12-,17?/m0/s1. The highest BCUT2D eigenvalue weighted by Crippen LogP contribution is 2.34. The summed E-state index contributed by atoms with van der Waals surface area (Å²) in [6.07, 6.45) is -4.03. The van der Waals surface area contributed by atoms with Crippen molar-refractivity contribution in [1.29, 1.82) is 0 Å². The summed E-state index contributed by atoms with van der Waals surface area (Å²) in [6.45, 7) is 1.63. The van der Waals surface area contributed by atoms with Crippen molar-refractivity contribution < 1.29 is 28.1 Å². The third-order valence-electron chi connectivity index (χ3n) is 4.43. The smallest absolute Gasteiger partial charge is 0.416 e. The van der Waals surface area contributed by atoms with Gasteiger partial charge in [0.2, 0.25) is 0 Å². The number of hydrogen-bond acceptors (Lipinski definition) is 6. The molecule has 3 rings (SSSR count). The van der Waals surface area contributed by atoms with Crippen LogP contribution < -0.4 is 15.0 Å². The second kappa shape index (κ2) is 7.71. The number of ether oxygens (including phenoxy) is 1. The van der Waals surface area contributed by atoms with E-state index in [0.29, 0.717) is 23.7 Å². The largest absolute Gasteiger partial charge is 0.487 e. The first-order chi connectivity index (χ1) is 12.8. The van der Waals surface area contributed by atoms with Crippen LogP contribution in [0.25, 0.3) is 0 Å². The van der Waals surface area contributed by atoms with E-state index in [4.69, 9.17) is 9.84 Å². The Balaban J connectivity index is 1.70. The lowest BCUT2D eigenvalue weighted by Gasteiger charge is -2.20. The van der Waals surface area contributed by atoms with E-state index in [1.54, 1.807) is 30.0 Å². The number of halogens is 3. The van der Waals surface area contributed by atoms with Crippen molar-refractivity contribution >= 4 is 5.82 Å². The predicted molar refractivity (Wildman–Crippen MR) is 92.1 cm³/mol. The molecule has 146 valence electrons. The van der Waals surface area contributed by atoms with Gasteiger partial charge in [0.15, 0.2) is 6.35 Å². The van der Waals surface area contributed by atoms with Gasteiger partial charge in [0, 0.05) is 12.1 Å². The normalized spacial score (nSPS) is 20.1. The SMILES string of the molecule is Cc1cccc(C(F)(F)F)c1COc1ccc(N2C[C@@H](CO)NC2O)nc1. The van der Waals surface area contributed by atoms with Gasteiger partial charge in [-0.2, -0.15) is 13.2 Å². The molecule has 1 aliphatic heterocycles. The second-order valence-electron chi connectivity index (χ2n) is 6.31. The quantitative estimate of drug-likeness (QED) is 0.734. The summed E-state index contributed by atoms with van der Waals surface area (Å²) in [5.74, 6) is 0.778. The van der Waals surface area contributed by atoms with E-state index in [1.165, 1.54) is 12.3 Å². The summed E-state index contributed by atoms with van der Waals surface area (Å²) in [7, 11) is 0. The van der Waals surface area contributed by atoms with Crippen LogP contribution in [0.5, 0.6) is 5.75 Å². The number of hydrogen-bond donors (Lipinski definition) is 3. The Morgan fingerprint density at radius 1 is 1.30 bits per heavy atom. The van der Waals surface area contributed by atoms with E-state index in [-0.39, 0.29) is 24.8 Å². The van der Waals surface area contributed by atoms with Crippen LogP contribution in [0.1, 0.15) is 16.7 Å². The minimum atomic E-state index is -4.45. The number of anilines is 1. The zero-order valence-corrected chi connectivity index (χ0v) is 14.6. The van der Waals surface area contributed by atoms with Crippen LogP contribution in [0.4, 0.5) is 19.0 Å². The molecular weight excluding hydrogens is 363 g/mol. The highest BCUT2D eigenvalue weighted by molar-refractivity contribution is 5.43. The maximum Gasteiger partial charge on any atom is 0.416 e. The Labute approximate surface area is 154 Å². The molecule has 1 aromatic carbocycles. The lowest BCUT2D eigenvalue weighted by Crippen LogP contribution is -2.37. The molecule has 0 spiro atoms. The summed E-state index contributed by atoms with van der Waals surface area (Å²) in [6, 6.07) is 6.92. The van der Waals surface area contributed by atoms with Crippen LogP contribution in [-0.4, -0.2) is 40.7 Å². The van der Waals surface area contributed by atoms with Gasteiger partial charge >= 0.3 is 6.18 Å². The van der Waals surface area contributed by atoms with Crippen LogP contribution in [0.2, 0.25) is 0 Å². The minimum absolute atomic E-state index is 0.0824. The maximum absolute atomic E-state index is 13.2. The third kappa shape index (κ3) is 4.32. The number of aryl methyl sites for hydroxylation is 1. The summed E-state index contributed by atoms with van der Waals surface area (Å²) >= 11 is 0. The minimum Gasteiger partial charge on any atom is -0.487 e. The van der Waals surface area contributed by atoms with Crippen LogP contribution in [0.15, 0.2) is 36.5 Å². The van der Waals surface area contributed by atoms with E-state index < -0.39 is 18.1 Å². The molecule has 1 unspecified atom stereocenters. The molecule has 1 saturated heterocycles. The van der Waals surface area contributed by atoms with Crippen LogP contribution in [-0.2, 0) is 12.8 Å². The van der Waals surface area contributed by atoms with Crippen molar-refractivity contribution in [3.05, 3.63) is 53.2 Å². The summed E-state index contributed by atoms with van der Waals surface area (Å²) < 4.78 is 45.0. The molecule has 0 radical (unpaired) electrons. The van der Waals surface area contributed by atoms with Gasteiger partial charge in [0.25, 0.3) is 0 Å². The summed E-state index contributed by atoms with van der Waals surface area (Å²) in [5, 5.41) is 21.9. The van der Waals surface area contributed by atoms with Crippen molar-refractivity contribution in [2.45, 2.75) is 32.1 Å². The molecule has 0 amide bonds. The lowest BCUT2D eigenvalue weighted by molar-refractivity contribution is -0.138. The fraction of sp³-hybridized carbons (Fsp3) is 0.389. The van der Waals surface area contributed by atoms with Crippen molar-refractivity contribution in [1.82, 2.24) is 10.3 Å². The van der Waals surface area contributed by atoms with E-state index >= 15 is 0 Å². The molecule has 0 bridgehead atoms. The van der Waals surface area contributed by atoms with Gasteiger partial charge in [-0.15, -0.1) is 0 Å². The number of alkyl halides is 3. The second-order valence-corrected chi connectivity index (χ2v) is 6.31. The molecule has 3 N–H and O–H groups in total. The number of benzene rings is 1. The zero-order chi connectivity index (χ0) is 19.6. The molecule has 2 aromatic rings. The molecule has 1 aliphatic rings. The Kier molecular flexibility index (Phi) is 5.54. The van der Waals surface area contributed by atoms with Gasteiger partial charge in [-0.1, -0.05) is 12.1 Å². The van der Waals surface area contributed by atoms with Crippen LogP contribution in [0.3, 0.4) is 0 Å². The number of rotatable bonds is 5. The first-order valence-electron chi connectivity index (χ1n) is 8.35. The Hall–Kier alpha value is -2.36. The first-order valence-corrected chi connectivity index (χ1v) is 8.35. The topological polar surface area (TPSA) is 77.9 Å². The molecule has 2 atom stereocenters. The summed E-state index contributed by atoms with van der Waals surface area (Å²) in [5.41, 5.74) is -0.136. The molecule has 9 heteroatoms. The number of aromatic nitrogens is 1. The average molecular weight is 383 g/mol. The van der Waals surface area contributed by atoms with Crippen molar-refractivity contribution in [3.8, 4) is 5.75 Å². The van der Waals surface area contributed by atoms with Gasteiger partial charge in [0.05, 0.1) is 24.4 Å². The molecule has 1 fully saturated rings. The fourth-order valence-electron chi connectivity index (χ4n) is 2.96. The van der Waals surface area contributed by atoms with E-state index in [1.807, 2.05) is 0 Å². The predicted octanol–water partition coefficient (Wildman–Crippen LogP) is 2.03. The van der Waals surface area contributed by atoms with Crippen molar-refractivity contribution in [2.75, 3.05) is 18.1 Å². The number of aliphatic hydroxyl groups is 2. The van der Waals surface area contributed by atoms with Gasteiger partial charge in [-0.25, -0.2) is 4.98 Å². The molecule has 2 heterocycles. The molecule has 0 saturated carbocycles. The van der Waals surface area contributed by atoms with Gasteiger partial charge in [0.1, 0.15) is 18.2 Å². The molecule has 27 heavy (non-hydrogen) atoms. The van der Waals surface area contributed by atoms with Gasteiger partial charge in [-0.3, -0.25) is 5.32 Å². The fourth-order valence-corrected chi connectivity index (χ4v) is 2.96. The zero-order valence-electron chi connectivity index (χ0n) is 14.6. The highest BCUT2D eigenvalue weighted by atomic mass is 19.4. The molecule has 6 nitrogen and oxygen atoms in total. The van der Waals surface area contributed by atoms with Crippen LogP contribution in [0, 0.1) is 6.92 Å². The van der Waals surface area contributed by atoms with E-state index in [9.17, 15) is 18.3 Å². The number of nitrogens with one attached hydrogen (secondary N) is 1. The number of nitrogens with zero attached hydrogens (tertiary/aromatic N) is 2. The molecular formula is C18H20F3N3O3. The average Bonchev–Trinajstić information content (AvgIpc) is 3.01. The van der Waals surface area contributed by atoms with Gasteiger partial charge < -0.3 is 19.8 Å². The first kappa shape index (κ1) is 19.4. The Bertz CT molecular complexity index is 784. The Morgan fingerprint density at radius 3 is 2.67 bits per heavy atom. The maximum atomic E-state index is 13.2. The highest BCUT2D eigenvalue weighted by Gasteiger charge is 2.34. The van der Waals surface area contributed by atoms with Gasteiger partial charge in [-0.05, 0) is 30.7 Å². The third-order valence-corrected chi connectivity index (χ3v) is 4.43.